The number of hydrogen-bond donors (Lipinski definition) is 1. The first kappa shape index (κ1) is 15.9. The van der Waals surface area contributed by atoms with E-state index in [0.29, 0.717) is 24.5 Å². The molecule has 21 heavy (non-hydrogen) atoms. The van der Waals surface area contributed by atoms with E-state index in [0.717, 1.165) is 44.8 Å². The van der Waals surface area contributed by atoms with E-state index in [1.165, 1.54) is 0 Å². The number of benzene rings is 1. The summed E-state index contributed by atoms with van der Waals surface area (Å²) in [4.78, 5) is 14.4. The number of amides is 1. The van der Waals surface area contributed by atoms with Crippen LogP contribution in [0.25, 0.3) is 0 Å². The number of hydrogen-bond acceptors (Lipinski definition) is 4. The minimum Gasteiger partial charge on any atom is -0.490 e. The SMILES string of the molecule is Cl.O=C(c1ccc2c(c1)OCCCO2)N1CCCNCC1. The molecule has 3 rings (SSSR count). The van der Waals surface area contributed by atoms with Crippen molar-refractivity contribution in [3.63, 3.8) is 0 Å². The third kappa shape index (κ3) is 3.80. The van der Waals surface area contributed by atoms with Gasteiger partial charge in [-0.15, -0.1) is 12.4 Å². The molecule has 1 saturated heterocycles. The number of carbonyl (C=O) groups is 1. The van der Waals surface area contributed by atoms with Gasteiger partial charge in [-0.2, -0.15) is 0 Å². The van der Waals surface area contributed by atoms with E-state index >= 15 is 0 Å². The Balaban J connectivity index is 0.00000161. The number of rotatable bonds is 1. The second-order valence-electron chi connectivity index (χ2n) is 5.11. The molecule has 6 heteroatoms. The summed E-state index contributed by atoms with van der Waals surface area (Å²) in [6, 6.07) is 5.47. The van der Waals surface area contributed by atoms with Crippen molar-refractivity contribution in [1.29, 1.82) is 0 Å². The summed E-state index contributed by atoms with van der Waals surface area (Å²) in [5, 5.41) is 3.30. The maximum atomic E-state index is 12.5. The van der Waals surface area contributed by atoms with Crippen LogP contribution in [0.3, 0.4) is 0 Å². The van der Waals surface area contributed by atoms with Crippen molar-refractivity contribution >= 4 is 18.3 Å². The zero-order chi connectivity index (χ0) is 13.8. The molecule has 0 bridgehead atoms. The summed E-state index contributed by atoms with van der Waals surface area (Å²) >= 11 is 0. The maximum absolute atomic E-state index is 12.5. The van der Waals surface area contributed by atoms with Gasteiger partial charge in [0.1, 0.15) is 0 Å². The Hall–Kier alpha value is -1.46. The molecular weight excluding hydrogens is 292 g/mol. The van der Waals surface area contributed by atoms with Gasteiger partial charge in [0.2, 0.25) is 0 Å². The van der Waals surface area contributed by atoms with Gasteiger partial charge in [0.05, 0.1) is 13.2 Å². The van der Waals surface area contributed by atoms with Crippen molar-refractivity contribution in [1.82, 2.24) is 10.2 Å². The molecule has 1 amide bonds. The molecule has 0 saturated carbocycles. The van der Waals surface area contributed by atoms with Crippen LogP contribution >= 0.6 is 12.4 Å². The summed E-state index contributed by atoms with van der Waals surface area (Å²) in [7, 11) is 0. The van der Waals surface area contributed by atoms with E-state index in [4.69, 9.17) is 9.47 Å². The number of carbonyl (C=O) groups excluding carboxylic acids is 1. The molecule has 2 heterocycles. The molecule has 0 aromatic heterocycles. The van der Waals surface area contributed by atoms with Crippen LogP contribution in [0, 0.1) is 0 Å². The Bertz CT molecular complexity index is 488. The molecule has 2 aliphatic rings. The van der Waals surface area contributed by atoms with Gasteiger partial charge in [0.15, 0.2) is 11.5 Å². The standard InChI is InChI=1S/C15H20N2O3.ClH/c18-15(17-7-1-5-16-6-8-17)12-3-4-13-14(11-12)20-10-2-9-19-13;/h3-4,11,16H,1-2,5-10H2;1H. The van der Waals surface area contributed by atoms with Gasteiger partial charge in [0, 0.05) is 31.6 Å². The molecule has 1 fully saturated rings. The van der Waals surface area contributed by atoms with E-state index in [-0.39, 0.29) is 18.3 Å². The first-order chi connectivity index (χ1) is 9.84. The predicted molar refractivity (Wildman–Crippen MR) is 82.7 cm³/mol. The fraction of sp³-hybridized carbons (Fsp3) is 0.533. The monoisotopic (exact) mass is 312 g/mol. The van der Waals surface area contributed by atoms with E-state index in [9.17, 15) is 4.79 Å². The topological polar surface area (TPSA) is 50.8 Å². The normalized spacial score (nSPS) is 18.2. The van der Waals surface area contributed by atoms with Crippen molar-refractivity contribution in [3.8, 4) is 11.5 Å². The summed E-state index contributed by atoms with van der Waals surface area (Å²) in [5.74, 6) is 1.49. The van der Waals surface area contributed by atoms with Crippen molar-refractivity contribution in [3.05, 3.63) is 23.8 Å². The van der Waals surface area contributed by atoms with E-state index in [1.54, 1.807) is 6.07 Å². The molecule has 0 spiro atoms. The third-order valence-electron chi connectivity index (χ3n) is 3.62. The molecule has 0 aliphatic carbocycles. The van der Waals surface area contributed by atoms with Crippen LogP contribution in [-0.4, -0.2) is 50.2 Å². The lowest BCUT2D eigenvalue weighted by Gasteiger charge is -2.20. The molecule has 5 nitrogen and oxygen atoms in total. The van der Waals surface area contributed by atoms with E-state index in [1.807, 2.05) is 17.0 Å². The number of nitrogens with zero attached hydrogens (tertiary/aromatic N) is 1. The number of ether oxygens (including phenoxy) is 2. The Morgan fingerprint density at radius 3 is 2.71 bits per heavy atom. The highest BCUT2D eigenvalue weighted by Crippen LogP contribution is 2.30. The summed E-state index contributed by atoms with van der Waals surface area (Å²) in [6.45, 7) is 4.70. The van der Waals surface area contributed by atoms with Crippen molar-refractivity contribution in [2.24, 2.45) is 0 Å². The van der Waals surface area contributed by atoms with Crippen LogP contribution in [0.2, 0.25) is 0 Å². The lowest BCUT2D eigenvalue weighted by molar-refractivity contribution is 0.0766. The second kappa shape index (κ2) is 7.52. The van der Waals surface area contributed by atoms with Crippen molar-refractivity contribution in [2.75, 3.05) is 39.4 Å². The fourth-order valence-corrected chi connectivity index (χ4v) is 2.53. The van der Waals surface area contributed by atoms with Gasteiger partial charge in [-0.1, -0.05) is 0 Å². The van der Waals surface area contributed by atoms with Gasteiger partial charge in [-0.05, 0) is 31.2 Å². The zero-order valence-electron chi connectivity index (χ0n) is 12.0. The van der Waals surface area contributed by atoms with E-state index < -0.39 is 0 Å². The van der Waals surface area contributed by atoms with Crippen molar-refractivity contribution in [2.45, 2.75) is 12.8 Å². The highest BCUT2D eigenvalue weighted by Gasteiger charge is 2.19. The lowest BCUT2D eigenvalue weighted by atomic mass is 10.1. The van der Waals surface area contributed by atoms with Crippen LogP contribution in [0.4, 0.5) is 0 Å². The molecular formula is C15H21ClN2O3. The molecule has 1 aromatic rings. The maximum Gasteiger partial charge on any atom is 0.254 e. The average molecular weight is 313 g/mol. The Morgan fingerprint density at radius 1 is 1.05 bits per heavy atom. The predicted octanol–water partition coefficient (Wildman–Crippen LogP) is 1.71. The summed E-state index contributed by atoms with van der Waals surface area (Å²) < 4.78 is 11.2. The highest BCUT2D eigenvalue weighted by molar-refractivity contribution is 5.95. The van der Waals surface area contributed by atoms with Crippen LogP contribution < -0.4 is 14.8 Å². The van der Waals surface area contributed by atoms with Crippen molar-refractivity contribution < 1.29 is 14.3 Å². The lowest BCUT2D eigenvalue weighted by Crippen LogP contribution is -2.34. The number of fused-ring (bicyclic) bond motifs is 1. The van der Waals surface area contributed by atoms with Crippen LogP contribution in [0.15, 0.2) is 18.2 Å². The number of nitrogens with one attached hydrogen (secondary N) is 1. The molecule has 0 unspecified atom stereocenters. The Kier molecular flexibility index (Phi) is 5.70. The summed E-state index contributed by atoms with van der Waals surface area (Å²) in [6.07, 6.45) is 1.87. The Labute approximate surface area is 131 Å². The molecule has 1 N–H and O–H groups in total. The fourth-order valence-electron chi connectivity index (χ4n) is 2.53. The molecule has 2 aliphatic heterocycles. The smallest absolute Gasteiger partial charge is 0.254 e. The van der Waals surface area contributed by atoms with E-state index in [2.05, 4.69) is 5.32 Å². The quantitative estimate of drug-likeness (QED) is 0.857. The van der Waals surface area contributed by atoms with Gasteiger partial charge < -0.3 is 19.7 Å². The largest absolute Gasteiger partial charge is 0.490 e. The van der Waals surface area contributed by atoms with Gasteiger partial charge in [-0.3, -0.25) is 4.79 Å². The van der Waals surface area contributed by atoms with Crippen LogP contribution in [0.1, 0.15) is 23.2 Å². The van der Waals surface area contributed by atoms with Gasteiger partial charge in [-0.25, -0.2) is 0 Å². The summed E-state index contributed by atoms with van der Waals surface area (Å²) in [5.41, 5.74) is 0.677. The second-order valence-corrected chi connectivity index (χ2v) is 5.11. The molecule has 0 atom stereocenters. The first-order valence-electron chi connectivity index (χ1n) is 7.24. The molecule has 116 valence electrons. The van der Waals surface area contributed by atoms with Gasteiger partial charge >= 0.3 is 0 Å². The average Bonchev–Trinajstić information content (AvgIpc) is 2.88. The minimum absolute atomic E-state index is 0. The number of halogens is 1. The van der Waals surface area contributed by atoms with Crippen LogP contribution in [0.5, 0.6) is 11.5 Å². The van der Waals surface area contributed by atoms with Crippen LogP contribution in [-0.2, 0) is 0 Å². The first-order valence-corrected chi connectivity index (χ1v) is 7.24. The Morgan fingerprint density at radius 2 is 1.86 bits per heavy atom. The molecule has 1 aromatic carbocycles. The minimum atomic E-state index is 0. The van der Waals surface area contributed by atoms with Gasteiger partial charge in [0.25, 0.3) is 5.91 Å². The zero-order valence-corrected chi connectivity index (χ0v) is 12.8. The third-order valence-corrected chi connectivity index (χ3v) is 3.62. The highest BCUT2D eigenvalue weighted by atomic mass is 35.5. The molecule has 0 radical (unpaired) electrons.